The van der Waals surface area contributed by atoms with Crippen LogP contribution in [0.25, 0.3) is 0 Å². The van der Waals surface area contributed by atoms with E-state index in [2.05, 4.69) is 26.2 Å². The van der Waals surface area contributed by atoms with Crippen molar-refractivity contribution in [1.29, 1.82) is 0 Å². The van der Waals surface area contributed by atoms with Gasteiger partial charge >= 0.3 is 0 Å². The van der Waals surface area contributed by atoms with Gasteiger partial charge in [0, 0.05) is 4.47 Å². The minimum absolute atomic E-state index is 0.276. The van der Waals surface area contributed by atoms with Gasteiger partial charge in [-0.2, -0.15) is 0 Å². The number of methoxy groups -OCH3 is 1. The van der Waals surface area contributed by atoms with E-state index in [9.17, 15) is 4.79 Å². The molecule has 0 aliphatic heterocycles. The van der Waals surface area contributed by atoms with Gasteiger partial charge in [0.2, 0.25) is 0 Å². The quantitative estimate of drug-likeness (QED) is 0.865. The normalized spacial score (nSPS) is 10.1. The summed E-state index contributed by atoms with van der Waals surface area (Å²) in [7, 11) is 1.52. The Bertz CT molecular complexity index is 602. The van der Waals surface area contributed by atoms with Crippen LogP contribution in [-0.2, 0) is 0 Å². The number of nitrogens with zero attached hydrogens (tertiary/aromatic N) is 1. The number of nitrogens with one attached hydrogen (secondary N) is 1. The van der Waals surface area contributed by atoms with E-state index in [-0.39, 0.29) is 5.91 Å². The van der Waals surface area contributed by atoms with Gasteiger partial charge in [0.15, 0.2) is 0 Å². The molecule has 0 radical (unpaired) electrons. The highest BCUT2D eigenvalue weighted by atomic mass is 79.9. The van der Waals surface area contributed by atoms with E-state index in [1.54, 1.807) is 30.3 Å². The molecule has 98 valence electrons. The lowest BCUT2D eigenvalue weighted by atomic mass is 10.2. The molecule has 0 saturated carbocycles. The lowest BCUT2D eigenvalue weighted by Gasteiger charge is -2.09. The van der Waals surface area contributed by atoms with E-state index < -0.39 is 0 Å². The monoisotopic (exact) mass is 340 g/mol. The van der Waals surface area contributed by atoms with E-state index >= 15 is 0 Å². The molecule has 0 aliphatic carbocycles. The van der Waals surface area contributed by atoms with Crippen molar-refractivity contribution < 1.29 is 9.53 Å². The minimum Gasteiger partial charge on any atom is -0.496 e. The number of carbonyl (C=O) groups is 1. The Labute approximate surface area is 123 Å². The summed E-state index contributed by atoms with van der Waals surface area (Å²) in [6, 6.07) is 8.50. The number of pyridine rings is 1. The van der Waals surface area contributed by atoms with Crippen LogP contribution in [0, 0.1) is 0 Å². The first-order valence-corrected chi connectivity index (χ1v) is 6.53. The molecule has 0 saturated heterocycles. The predicted octanol–water partition coefficient (Wildman–Crippen LogP) is 3.76. The molecule has 0 bridgehead atoms. The van der Waals surface area contributed by atoms with Crippen LogP contribution in [0.1, 0.15) is 10.4 Å². The van der Waals surface area contributed by atoms with Crippen molar-refractivity contribution in [3.8, 4) is 5.75 Å². The Hall–Kier alpha value is -1.59. The Balaban J connectivity index is 2.24. The van der Waals surface area contributed by atoms with Crippen molar-refractivity contribution in [1.82, 2.24) is 4.98 Å². The molecule has 1 N–H and O–H groups in total. The molecule has 0 atom stereocenters. The standard InChI is InChI=1S/C13H10BrClN2O2/c1-19-11-4-2-8(14)6-10(11)13(18)17-9-3-5-12(15)16-7-9/h2-7H,1H3,(H,17,18). The lowest BCUT2D eigenvalue weighted by molar-refractivity contribution is 0.102. The third kappa shape index (κ3) is 3.45. The van der Waals surface area contributed by atoms with Gasteiger partial charge in [0.25, 0.3) is 5.91 Å². The first-order valence-electron chi connectivity index (χ1n) is 5.36. The van der Waals surface area contributed by atoms with Crippen LogP contribution in [0.5, 0.6) is 5.75 Å². The number of hydrogen-bond donors (Lipinski definition) is 1. The lowest BCUT2D eigenvalue weighted by Crippen LogP contribution is -2.13. The number of carbonyl (C=O) groups excluding carboxylic acids is 1. The predicted molar refractivity (Wildman–Crippen MR) is 77.9 cm³/mol. The van der Waals surface area contributed by atoms with Crippen LogP contribution < -0.4 is 10.1 Å². The highest BCUT2D eigenvalue weighted by Crippen LogP contribution is 2.24. The molecule has 2 rings (SSSR count). The molecule has 0 unspecified atom stereocenters. The second kappa shape index (κ2) is 6.04. The fourth-order valence-electron chi connectivity index (χ4n) is 1.51. The molecular formula is C13H10BrClN2O2. The molecule has 0 spiro atoms. The Kier molecular flexibility index (Phi) is 4.39. The average molecular weight is 342 g/mol. The number of ether oxygens (including phenoxy) is 1. The molecule has 1 amide bonds. The summed E-state index contributed by atoms with van der Waals surface area (Å²) in [5.41, 5.74) is 1.00. The molecule has 4 nitrogen and oxygen atoms in total. The number of anilines is 1. The van der Waals surface area contributed by atoms with E-state index in [1.165, 1.54) is 13.3 Å². The molecule has 2 aromatic rings. The zero-order valence-electron chi connectivity index (χ0n) is 9.98. The highest BCUT2D eigenvalue weighted by molar-refractivity contribution is 9.10. The van der Waals surface area contributed by atoms with Gasteiger partial charge in [-0.1, -0.05) is 27.5 Å². The summed E-state index contributed by atoms with van der Waals surface area (Å²) in [5, 5.41) is 3.10. The van der Waals surface area contributed by atoms with Gasteiger partial charge in [0.05, 0.1) is 24.6 Å². The summed E-state index contributed by atoms with van der Waals surface area (Å²) in [4.78, 5) is 16.1. The third-order valence-electron chi connectivity index (χ3n) is 2.39. The molecule has 0 aliphatic rings. The molecule has 6 heteroatoms. The van der Waals surface area contributed by atoms with Gasteiger partial charge in [-0.25, -0.2) is 4.98 Å². The minimum atomic E-state index is -0.276. The second-order valence-corrected chi connectivity index (χ2v) is 4.97. The van der Waals surface area contributed by atoms with Gasteiger partial charge in [-0.05, 0) is 30.3 Å². The van der Waals surface area contributed by atoms with E-state index in [1.807, 2.05) is 0 Å². The summed E-state index contributed by atoms with van der Waals surface area (Å²) in [6.07, 6.45) is 1.49. The maximum atomic E-state index is 12.2. The van der Waals surface area contributed by atoms with Gasteiger partial charge in [0.1, 0.15) is 10.9 Å². The van der Waals surface area contributed by atoms with Crippen LogP contribution in [0.15, 0.2) is 41.0 Å². The Morgan fingerprint density at radius 2 is 2.16 bits per heavy atom. The smallest absolute Gasteiger partial charge is 0.259 e. The maximum Gasteiger partial charge on any atom is 0.259 e. The molecule has 1 aromatic carbocycles. The number of amides is 1. The fraction of sp³-hybridized carbons (Fsp3) is 0.0769. The largest absolute Gasteiger partial charge is 0.496 e. The topological polar surface area (TPSA) is 51.2 Å². The molecular weight excluding hydrogens is 332 g/mol. The Morgan fingerprint density at radius 3 is 2.79 bits per heavy atom. The molecule has 1 aromatic heterocycles. The van der Waals surface area contributed by atoms with Crippen molar-refractivity contribution in [3.05, 3.63) is 51.7 Å². The average Bonchev–Trinajstić information content (AvgIpc) is 2.41. The van der Waals surface area contributed by atoms with Crippen molar-refractivity contribution in [2.24, 2.45) is 0 Å². The zero-order chi connectivity index (χ0) is 13.8. The number of hydrogen-bond acceptors (Lipinski definition) is 3. The van der Waals surface area contributed by atoms with E-state index in [4.69, 9.17) is 16.3 Å². The van der Waals surface area contributed by atoms with Gasteiger partial charge in [-0.15, -0.1) is 0 Å². The highest BCUT2D eigenvalue weighted by Gasteiger charge is 2.13. The third-order valence-corrected chi connectivity index (χ3v) is 3.11. The van der Waals surface area contributed by atoms with Crippen LogP contribution in [0.3, 0.4) is 0 Å². The van der Waals surface area contributed by atoms with Crippen LogP contribution >= 0.6 is 27.5 Å². The summed E-state index contributed by atoms with van der Waals surface area (Å²) in [6.45, 7) is 0. The van der Waals surface area contributed by atoms with Crippen LogP contribution in [0.4, 0.5) is 5.69 Å². The Morgan fingerprint density at radius 1 is 1.37 bits per heavy atom. The second-order valence-electron chi connectivity index (χ2n) is 3.67. The van der Waals surface area contributed by atoms with Crippen molar-refractivity contribution in [3.63, 3.8) is 0 Å². The summed E-state index contributed by atoms with van der Waals surface area (Å²) in [5.74, 6) is 0.227. The first kappa shape index (κ1) is 13.8. The zero-order valence-corrected chi connectivity index (χ0v) is 12.3. The molecule has 1 heterocycles. The number of rotatable bonds is 3. The SMILES string of the molecule is COc1ccc(Br)cc1C(=O)Nc1ccc(Cl)nc1. The number of halogens is 2. The molecule has 19 heavy (non-hydrogen) atoms. The van der Waals surface area contributed by atoms with Crippen LogP contribution in [-0.4, -0.2) is 18.0 Å². The van der Waals surface area contributed by atoms with E-state index in [0.717, 1.165) is 4.47 Å². The molecule has 0 fully saturated rings. The van der Waals surface area contributed by atoms with Crippen LogP contribution in [0.2, 0.25) is 5.15 Å². The van der Waals surface area contributed by atoms with Crippen molar-refractivity contribution in [2.75, 3.05) is 12.4 Å². The van der Waals surface area contributed by atoms with Crippen molar-refractivity contribution in [2.45, 2.75) is 0 Å². The van der Waals surface area contributed by atoms with E-state index in [0.29, 0.717) is 22.2 Å². The number of benzene rings is 1. The van der Waals surface area contributed by atoms with Gasteiger partial charge in [-0.3, -0.25) is 4.79 Å². The van der Waals surface area contributed by atoms with Gasteiger partial charge < -0.3 is 10.1 Å². The van der Waals surface area contributed by atoms with Crippen molar-refractivity contribution >= 4 is 39.1 Å². The first-order chi connectivity index (χ1) is 9.10. The summed E-state index contributed by atoms with van der Waals surface area (Å²) >= 11 is 9.01. The maximum absolute atomic E-state index is 12.2. The number of aromatic nitrogens is 1. The summed E-state index contributed by atoms with van der Waals surface area (Å²) < 4.78 is 5.96. The fourth-order valence-corrected chi connectivity index (χ4v) is 1.98.